The number of benzene rings is 2. The molecule has 29 heavy (non-hydrogen) atoms. The number of hydrogen-bond donors (Lipinski definition) is 0. The van der Waals surface area contributed by atoms with Gasteiger partial charge in [0.15, 0.2) is 0 Å². The monoisotopic (exact) mass is 393 g/mol. The first-order chi connectivity index (χ1) is 13.7. The molecule has 1 aliphatic heterocycles. The summed E-state index contributed by atoms with van der Waals surface area (Å²) >= 11 is 0. The van der Waals surface area contributed by atoms with E-state index >= 15 is 0 Å². The van der Waals surface area contributed by atoms with Gasteiger partial charge in [-0.05, 0) is 102 Å². The smallest absolute Gasteiger partial charge is 0.119 e. The Hall–Kier alpha value is -1.80. The Kier molecular flexibility index (Phi) is 6.73. The molecule has 0 bridgehead atoms. The summed E-state index contributed by atoms with van der Waals surface area (Å²) in [7, 11) is 2.28. The van der Waals surface area contributed by atoms with Gasteiger partial charge in [-0.2, -0.15) is 0 Å². The van der Waals surface area contributed by atoms with Gasteiger partial charge >= 0.3 is 0 Å². The topological polar surface area (TPSA) is 12.5 Å². The zero-order chi connectivity index (χ0) is 21.1. The molecule has 158 valence electrons. The molecule has 1 saturated heterocycles. The van der Waals surface area contributed by atoms with Crippen molar-refractivity contribution in [3.05, 3.63) is 65.2 Å². The molecule has 0 radical (unpaired) electrons. The molecule has 0 atom stereocenters. The average molecular weight is 394 g/mol. The SMILES string of the molecule is CCCOc1ccc(CCc2ccc(C3CC(C)(C)N(C)C(C)(C)C3)cc2)cc1. The van der Waals surface area contributed by atoms with Crippen LogP contribution < -0.4 is 4.74 Å². The minimum atomic E-state index is 0.234. The molecule has 0 N–H and O–H groups in total. The molecule has 0 saturated carbocycles. The Labute approximate surface area is 178 Å². The lowest BCUT2D eigenvalue weighted by Crippen LogP contribution is -2.58. The number of nitrogens with zero attached hydrogens (tertiary/aromatic N) is 1. The summed E-state index contributed by atoms with van der Waals surface area (Å²) in [6.45, 7) is 12.5. The van der Waals surface area contributed by atoms with Crippen molar-refractivity contribution in [3.63, 3.8) is 0 Å². The largest absolute Gasteiger partial charge is 0.494 e. The molecule has 2 aromatic rings. The third kappa shape index (κ3) is 5.42. The van der Waals surface area contributed by atoms with Gasteiger partial charge in [0, 0.05) is 11.1 Å². The Morgan fingerprint density at radius 3 is 1.79 bits per heavy atom. The van der Waals surface area contributed by atoms with Gasteiger partial charge in [-0.1, -0.05) is 43.3 Å². The quantitative estimate of drug-likeness (QED) is 0.523. The summed E-state index contributed by atoms with van der Waals surface area (Å²) in [5, 5.41) is 0. The van der Waals surface area contributed by atoms with Crippen molar-refractivity contribution in [2.45, 2.75) is 83.7 Å². The summed E-state index contributed by atoms with van der Waals surface area (Å²) in [4.78, 5) is 2.56. The fourth-order valence-electron chi connectivity index (χ4n) is 4.82. The van der Waals surface area contributed by atoms with Crippen LogP contribution in [-0.4, -0.2) is 29.6 Å². The van der Waals surface area contributed by atoms with Crippen LogP contribution in [0, 0.1) is 0 Å². The molecule has 0 unspecified atom stereocenters. The van der Waals surface area contributed by atoms with E-state index in [0.717, 1.165) is 31.6 Å². The van der Waals surface area contributed by atoms with Crippen LogP contribution >= 0.6 is 0 Å². The third-order valence-electron chi connectivity index (χ3n) is 6.86. The number of likely N-dealkylation sites (tertiary alicyclic amines) is 1. The van der Waals surface area contributed by atoms with E-state index in [0.29, 0.717) is 5.92 Å². The highest BCUT2D eigenvalue weighted by Gasteiger charge is 2.43. The van der Waals surface area contributed by atoms with E-state index < -0.39 is 0 Å². The second-order valence-corrected chi connectivity index (χ2v) is 10.0. The van der Waals surface area contributed by atoms with Crippen molar-refractivity contribution in [3.8, 4) is 5.75 Å². The average Bonchev–Trinajstić information content (AvgIpc) is 2.69. The highest BCUT2D eigenvalue weighted by molar-refractivity contribution is 5.30. The van der Waals surface area contributed by atoms with Gasteiger partial charge in [-0.25, -0.2) is 0 Å². The van der Waals surface area contributed by atoms with Crippen molar-refractivity contribution in [1.82, 2.24) is 4.90 Å². The standard InChI is InChI=1S/C27H39NO/c1-7-18-29-25-16-12-22(13-17-25)9-8-21-10-14-23(15-11-21)24-19-26(2,3)28(6)27(4,5)20-24/h10-17,24H,7-9,18-20H2,1-6H3. The van der Waals surface area contributed by atoms with Gasteiger partial charge in [0.1, 0.15) is 5.75 Å². The van der Waals surface area contributed by atoms with Crippen LogP contribution in [0.3, 0.4) is 0 Å². The Bertz CT molecular complexity index is 755. The van der Waals surface area contributed by atoms with E-state index in [1.807, 2.05) is 0 Å². The highest BCUT2D eigenvalue weighted by atomic mass is 16.5. The van der Waals surface area contributed by atoms with Gasteiger partial charge < -0.3 is 4.74 Å². The molecule has 1 heterocycles. The number of hydrogen-bond acceptors (Lipinski definition) is 2. The van der Waals surface area contributed by atoms with E-state index in [4.69, 9.17) is 4.74 Å². The number of ether oxygens (including phenoxy) is 1. The second-order valence-electron chi connectivity index (χ2n) is 10.0. The van der Waals surface area contributed by atoms with E-state index in [-0.39, 0.29) is 11.1 Å². The van der Waals surface area contributed by atoms with Gasteiger partial charge in [-0.15, -0.1) is 0 Å². The maximum atomic E-state index is 5.68. The van der Waals surface area contributed by atoms with Crippen molar-refractivity contribution in [2.24, 2.45) is 0 Å². The molecular formula is C27H39NO. The molecular weight excluding hydrogens is 354 g/mol. The number of rotatable bonds is 7. The van der Waals surface area contributed by atoms with Gasteiger partial charge in [0.05, 0.1) is 6.61 Å². The van der Waals surface area contributed by atoms with Crippen molar-refractivity contribution < 1.29 is 4.74 Å². The second kappa shape index (κ2) is 8.92. The first-order valence-electron chi connectivity index (χ1n) is 11.3. The number of aryl methyl sites for hydroxylation is 2. The summed E-state index contributed by atoms with van der Waals surface area (Å²) < 4.78 is 5.68. The predicted octanol–water partition coefficient (Wildman–Crippen LogP) is 6.63. The summed E-state index contributed by atoms with van der Waals surface area (Å²) in [6, 6.07) is 18.0. The highest BCUT2D eigenvalue weighted by Crippen LogP contribution is 2.44. The molecule has 1 fully saturated rings. The van der Waals surface area contributed by atoms with Crippen LogP contribution in [0.4, 0.5) is 0 Å². The molecule has 0 aliphatic carbocycles. The van der Waals surface area contributed by atoms with Gasteiger partial charge in [0.25, 0.3) is 0 Å². The fraction of sp³-hybridized carbons (Fsp3) is 0.556. The Morgan fingerprint density at radius 2 is 1.31 bits per heavy atom. The zero-order valence-electron chi connectivity index (χ0n) is 19.3. The van der Waals surface area contributed by atoms with Crippen LogP contribution in [0.2, 0.25) is 0 Å². The zero-order valence-corrected chi connectivity index (χ0v) is 19.3. The lowest BCUT2D eigenvalue weighted by atomic mass is 9.71. The van der Waals surface area contributed by atoms with E-state index in [2.05, 4.69) is 95.1 Å². The van der Waals surface area contributed by atoms with Crippen molar-refractivity contribution in [2.75, 3.05) is 13.7 Å². The van der Waals surface area contributed by atoms with Gasteiger partial charge in [0.2, 0.25) is 0 Å². The van der Waals surface area contributed by atoms with E-state index in [1.54, 1.807) is 0 Å². The molecule has 1 aliphatic rings. The van der Waals surface area contributed by atoms with Gasteiger partial charge in [-0.3, -0.25) is 4.90 Å². The molecule has 0 amide bonds. The molecule has 3 rings (SSSR count). The van der Waals surface area contributed by atoms with E-state index in [1.165, 1.54) is 29.5 Å². The molecule has 2 nitrogen and oxygen atoms in total. The molecule has 2 heteroatoms. The lowest BCUT2D eigenvalue weighted by Gasteiger charge is -2.54. The Balaban J connectivity index is 1.59. The summed E-state index contributed by atoms with van der Waals surface area (Å²) in [6.07, 6.45) is 5.64. The molecule has 2 aromatic carbocycles. The minimum absolute atomic E-state index is 0.234. The van der Waals surface area contributed by atoms with Crippen LogP contribution in [0.1, 0.15) is 76.5 Å². The third-order valence-corrected chi connectivity index (χ3v) is 6.86. The van der Waals surface area contributed by atoms with Crippen molar-refractivity contribution >= 4 is 0 Å². The molecule has 0 spiro atoms. The summed E-state index contributed by atoms with van der Waals surface area (Å²) in [5.41, 5.74) is 4.76. The van der Waals surface area contributed by atoms with E-state index in [9.17, 15) is 0 Å². The van der Waals surface area contributed by atoms with Crippen LogP contribution in [-0.2, 0) is 12.8 Å². The minimum Gasteiger partial charge on any atom is -0.494 e. The van der Waals surface area contributed by atoms with Crippen LogP contribution in [0.5, 0.6) is 5.75 Å². The molecule has 0 aromatic heterocycles. The summed E-state index contributed by atoms with van der Waals surface area (Å²) in [5.74, 6) is 1.62. The maximum Gasteiger partial charge on any atom is 0.119 e. The van der Waals surface area contributed by atoms with Crippen molar-refractivity contribution in [1.29, 1.82) is 0 Å². The Morgan fingerprint density at radius 1 is 0.828 bits per heavy atom. The first-order valence-corrected chi connectivity index (χ1v) is 11.3. The fourth-order valence-corrected chi connectivity index (χ4v) is 4.82. The number of piperidine rings is 1. The lowest BCUT2D eigenvalue weighted by molar-refractivity contribution is -0.0128. The van der Waals surface area contributed by atoms with Crippen LogP contribution in [0.15, 0.2) is 48.5 Å². The van der Waals surface area contributed by atoms with Crippen LogP contribution in [0.25, 0.3) is 0 Å². The predicted molar refractivity (Wildman–Crippen MR) is 124 cm³/mol. The maximum absolute atomic E-state index is 5.68. The first kappa shape index (κ1) is 21.9. The normalized spacial score (nSPS) is 19.2.